The topological polar surface area (TPSA) is 57.3 Å². The van der Waals surface area contributed by atoms with E-state index in [9.17, 15) is 4.79 Å². The van der Waals surface area contributed by atoms with Crippen LogP contribution in [0.1, 0.15) is 61.7 Å². The Kier molecular flexibility index (Phi) is 7.99. The van der Waals surface area contributed by atoms with Crippen LogP contribution in [0.5, 0.6) is 0 Å². The monoisotopic (exact) mass is 400 g/mol. The highest BCUT2D eigenvalue weighted by Crippen LogP contribution is 2.27. The highest BCUT2D eigenvalue weighted by molar-refractivity contribution is 5.94. The number of nitrogens with one attached hydrogen (secondary N) is 2. The molecule has 3 aliphatic rings. The molecule has 0 aliphatic carbocycles. The van der Waals surface area contributed by atoms with Gasteiger partial charge in [0, 0.05) is 37.4 Å². The fourth-order valence-corrected chi connectivity index (χ4v) is 4.45. The molecule has 2 atom stereocenters. The van der Waals surface area contributed by atoms with E-state index in [2.05, 4.69) is 20.5 Å². The average molecular weight is 401 g/mol. The fraction of sp³-hybridized carbons (Fsp3) is 0.684. The highest BCUT2D eigenvalue weighted by Gasteiger charge is 2.34. The lowest BCUT2D eigenvalue weighted by Gasteiger charge is -2.29. The van der Waals surface area contributed by atoms with Crippen molar-refractivity contribution in [2.45, 2.75) is 69.5 Å². The Labute approximate surface area is 168 Å². The van der Waals surface area contributed by atoms with E-state index < -0.39 is 0 Å². The predicted molar refractivity (Wildman–Crippen MR) is 110 cm³/mol. The molecule has 26 heavy (non-hydrogen) atoms. The third-order valence-corrected chi connectivity index (χ3v) is 5.75. The van der Waals surface area contributed by atoms with Crippen LogP contribution in [-0.4, -0.2) is 42.1 Å². The number of piperidine rings is 1. The lowest BCUT2D eigenvalue weighted by atomic mass is 9.99. The van der Waals surface area contributed by atoms with Crippen LogP contribution in [0.2, 0.25) is 0 Å². The maximum absolute atomic E-state index is 12.5. The van der Waals surface area contributed by atoms with E-state index in [1.807, 2.05) is 12.1 Å². The van der Waals surface area contributed by atoms with Crippen LogP contribution >= 0.6 is 24.8 Å². The standard InChI is InChI=1S/C19H28N4O.2ClH/c24-19(22-17-11-15-6-7-16(12-17)21-15)14-5-8-18(20-13-14)23-9-3-1-2-4-10-23;;/h5,8,13,15-17,21H,1-4,6-7,9-12H2,(H,22,24);2*1H. The molecule has 4 rings (SSSR count). The number of anilines is 1. The first-order valence-electron chi connectivity index (χ1n) is 9.56. The van der Waals surface area contributed by atoms with Gasteiger partial charge < -0.3 is 15.5 Å². The van der Waals surface area contributed by atoms with Gasteiger partial charge in [0.1, 0.15) is 5.82 Å². The van der Waals surface area contributed by atoms with Crippen molar-refractivity contribution in [3.8, 4) is 0 Å². The molecule has 2 unspecified atom stereocenters. The Morgan fingerprint density at radius 1 is 1.04 bits per heavy atom. The highest BCUT2D eigenvalue weighted by atomic mass is 35.5. The third-order valence-electron chi connectivity index (χ3n) is 5.75. The van der Waals surface area contributed by atoms with Crippen LogP contribution in [0.15, 0.2) is 18.3 Å². The molecule has 3 aliphatic heterocycles. The van der Waals surface area contributed by atoms with Crippen molar-refractivity contribution >= 4 is 36.5 Å². The minimum absolute atomic E-state index is 0. The summed E-state index contributed by atoms with van der Waals surface area (Å²) in [6.45, 7) is 2.16. The van der Waals surface area contributed by atoms with Crippen molar-refractivity contribution in [3.63, 3.8) is 0 Å². The minimum atomic E-state index is 0. The number of hydrogen-bond donors (Lipinski definition) is 2. The van der Waals surface area contributed by atoms with Gasteiger partial charge in [-0.3, -0.25) is 4.79 Å². The SMILES string of the molecule is Cl.Cl.O=C(NC1CC2CCC(C1)N2)c1ccc(N2CCCCCC2)nc1. The van der Waals surface area contributed by atoms with E-state index in [1.165, 1.54) is 38.5 Å². The largest absolute Gasteiger partial charge is 0.357 e. The fourth-order valence-electron chi connectivity index (χ4n) is 4.45. The molecular formula is C19H30Cl2N4O. The molecule has 3 fully saturated rings. The molecule has 0 spiro atoms. The number of fused-ring (bicyclic) bond motifs is 2. The normalized spacial score (nSPS) is 27.7. The van der Waals surface area contributed by atoms with E-state index in [4.69, 9.17) is 0 Å². The van der Waals surface area contributed by atoms with Gasteiger partial charge in [0.2, 0.25) is 0 Å². The molecule has 0 saturated carbocycles. The van der Waals surface area contributed by atoms with E-state index in [0.29, 0.717) is 23.7 Å². The quantitative estimate of drug-likeness (QED) is 0.816. The Morgan fingerprint density at radius 3 is 2.27 bits per heavy atom. The first-order valence-corrected chi connectivity index (χ1v) is 9.56. The molecule has 2 bridgehead atoms. The van der Waals surface area contributed by atoms with Gasteiger partial charge in [-0.2, -0.15) is 0 Å². The predicted octanol–water partition coefficient (Wildman–Crippen LogP) is 3.32. The zero-order valence-electron chi connectivity index (χ0n) is 15.2. The lowest BCUT2D eigenvalue weighted by molar-refractivity contribution is 0.0923. The summed E-state index contributed by atoms with van der Waals surface area (Å²) in [7, 11) is 0. The molecular weight excluding hydrogens is 371 g/mol. The van der Waals surface area contributed by atoms with Crippen molar-refractivity contribution < 1.29 is 4.79 Å². The summed E-state index contributed by atoms with van der Waals surface area (Å²) in [6.07, 6.45) is 11.5. The Bertz CT molecular complexity index is 563. The summed E-state index contributed by atoms with van der Waals surface area (Å²) in [4.78, 5) is 19.4. The molecule has 1 aromatic rings. The van der Waals surface area contributed by atoms with E-state index >= 15 is 0 Å². The Morgan fingerprint density at radius 2 is 1.69 bits per heavy atom. The van der Waals surface area contributed by atoms with Crippen molar-refractivity contribution in [3.05, 3.63) is 23.9 Å². The summed E-state index contributed by atoms with van der Waals surface area (Å²) < 4.78 is 0. The number of rotatable bonds is 3. The third kappa shape index (κ3) is 5.02. The number of carbonyl (C=O) groups excluding carboxylic acids is 1. The van der Waals surface area contributed by atoms with Crippen molar-refractivity contribution in [1.82, 2.24) is 15.6 Å². The maximum atomic E-state index is 12.5. The van der Waals surface area contributed by atoms with E-state index in [-0.39, 0.29) is 30.7 Å². The smallest absolute Gasteiger partial charge is 0.253 e. The van der Waals surface area contributed by atoms with Gasteiger partial charge >= 0.3 is 0 Å². The zero-order valence-corrected chi connectivity index (χ0v) is 16.8. The van der Waals surface area contributed by atoms with Crippen molar-refractivity contribution in [2.75, 3.05) is 18.0 Å². The van der Waals surface area contributed by atoms with Gasteiger partial charge in [-0.1, -0.05) is 12.8 Å². The second-order valence-electron chi connectivity index (χ2n) is 7.59. The van der Waals surface area contributed by atoms with E-state index in [1.54, 1.807) is 6.20 Å². The summed E-state index contributed by atoms with van der Waals surface area (Å²) >= 11 is 0. The molecule has 5 nitrogen and oxygen atoms in total. The van der Waals surface area contributed by atoms with E-state index in [0.717, 1.165) is 31.7 Å². The van der Waals surface area contributed by atoms with Crippen molar-refractivity contribution in [2.24, 2.45) is 0 Å². The van der Waals surface area contributed by atoms with Gasteiger partial charge in [0.15, 0.2) is 0 Å². The lowest BCUT2D eigenvalue weighted by Crippen LogP contribution is -2.48. The number of aromatic nitrogens is 1. The van der Waals surface area contributed by atoms with Gasteiger partial charge in [-0.15, -0.1) is 24.8 Å². The number of carbonyl (C=O) groups is 1. The maximum Gasteiger partial charge on any atom is 0.253 e. The summed E-state index contributed by atoms with van der Waals surface area (Å²) in [6, 6.07) is 5.43. The van der Waals surface area contributed by atoms with Crippen molar-refractivity contribution in [1.29, 1.82) is 0 Å². The summed E-state index contributed by atoms with van der Waals surface area (Å²) in [5.74, 6) is 1.03. The molecule has 2 N–H and O–H groups in total. The molecule has 0 radical (unpaired) electrons. The second kappa shape index (κ2) is 9.77. The Balaban J connectivity index is 0.00000121. The first-order chi connectivity index (χ1) is 11.8. The van der Waals surface area contributed by atoms with Gasteiger partial charge in [-0.05, 0) is 50.7 Å². The average Bonchev–Trinajstić information content (AvgIpc) is 2.81. The summed E-state index contributed by atoms with van der Waals surface area (Å²) in [5, 5.41) is 6.83. The van der Waals surface area contributed by atoms with Crippen LogP contribution in [0.25, 0.3) is 0 Å². The first kappa shape index (κ1) is 21.3. The molecule has 7 heteroatoms. The number of nitrogens with zero attached hydrogens (tertiary/aromatic N) is 2. The van der Waals surface area contributed by atoms with Crippen LogP contribution < -0.4 is 15.5 Å². The van der Waals surface area contributed by atoms with Crippen LogP contribution in [0.3, 0.4) is 0 Å². The zero-order chi connectivity index (χ0) is 16.4. The molecule has 3 saturated heterocycles. The molecule has 1 aromatic heterocycles. The van der Waals surface area contributed by atoms with Crippen LogP contribution in [-0.2, 0) is 0 Å². The van der Waals surface area contributed by atoms with Gasteiger partial charge in [-0.25, -0.2) is 4.98 Å². The Hall–Kier alpha value is -1.04. The summed E-state index contributed by atoms with van der Waals surface area (Å²) in [5.41, 5.74) is 0.680. The molecule has 1 amide bonds. The van der Waals surface area contributed by atoms with Crippen LogP contribution in [0, 0.1) is 0 Å². The second-order valence-corrected chi connectivity index (χ2v) is 7.59. The van der Waals surface area contributed by atoms with Crippen LogP contribution in [0.4, 0.5) is 5.82 Å². The molecule has 146 valence electrons. The minimum Gasteiger partial charge on any atom is -0.357 e. The van der Waals surface area contributed by atoms with Gasteiger partial charge in [0.25, 0.3) is 5.91 Å². The number of pyridine rings is 1. The number of amides is 1. The number of hydrogen-bond acceptors (Lipinski definition) is 4. The number of halogens is 2. The molecule has 0 aromatic carbocycles. The van der Waals surface area contributed by atoms with Gasteiger partial charge in [0.05, 0.1) is 5.56 Å². The molecule has 4 heterocycles.